The Morgan fingerprint density at radius 1 is 1.00 bits per heavy atom. The molecule has 1 aliphatic heterocycles. The highest BCUT2D eigenvalue weighted by Crippen LogP contribution is 2.23. The van der Waals surface area contributed by atoms with Crippen LogP contribution in [0.25, 0.3) is 11.1 Å². The number of para-hydroxylation sites is 2. The number of aromatic nitrogens is 1. The monoisotopic (exact) mass is 429 g/mol. The van der Waals surface area contributed by atoms with E-state index < -0.39 is 21.7 Å². The minimum atomic E-state index is -3.62. The van der Waals surface area contributed by atoms with Crippen molar-refractivity contribution in [3.8, 4) is 0 Å². The van der Waals surface area contributed by atoms with E-state index in [2.05, 4.69) is 5.32 Å². The lowest BCUT2D eigenvalue weighted by atomic mass is 10.2. The number of oxazole rings is 1. The number of nitrogens with zero attached hydrogens (tertiary/aromatic N) is 2. The lowest BCUT2D eigenvalue weighted by molar-refractivity contribution is -0.116. The zero-order chi connectivity index (χ0) is 21.1. The third-order valence-corrected chi connectivity index (χ3v) is 7.09. The van der Waals surface area contributed by atoms with Gasteiger partial charge in [0.05, 0.1) is 10.4 Å². The molecule has 30 heavy (non-hydrogen) atoms. The Kier molecular flexibility index (Phi) is 5.74. The molecule has 4 rings (SSSR count). The lowest BCUT2D eigenvalue weighted by Gasteiger charge is -2.20. The topological polar surface area (TPSA) is 102 Å². The minimum absolute atomic E-state index is 0.146. The van der Waals surface area contributed by atoms with Crippen molar-refractivity contribution in [2.24, 2.45) is 0 Å². The van der Waals surface area contributed by atoms with Crippen LogP contribution in [0.1, 0.15) is 25.7 Å². The van der Waals surface area contributed by atoms with Crippen molar-refractivity contribution < 1.29 is 17.6 Å². The first kappa shape index (κ1) is 20.4. The van der Waals surface area contributed by atoms with E-state index in [-0.39, 0.29) is 11.4 Å². The molecular weight excluding hydrogens is 406 g/mol. The quantitative estimate of drug-likeness (QED) is 0.672. The van der Waals surface area contributed by atoms with E-state index in [4.69, 9.17) is 4.42 Å². The second-order valence-electron chi connectivity index (χ2n) is 7.32. The Morgan fingerprint density at radius 3 is 2.50 bits per heavy atom. The van der Waals surface area contributed by atoms with Gasteiger partial charge in [-0.25, -0.2) is 13.2 Å². The van der Waals surface area contributed by atoms with Gasteiger partial charge < -0.3 is 9.73 Å². The summed E-state index contributed by atoms with van der Waals surface area (Å²) in [7, 11) is -3.62. The second-order valence-corrected chi connectivity index (χ2v) is 9.25. The molecule has 1 aromatic heterocycles. The van der Waals surface area contributed by atoms with E-state index in [0.29, 0.717) is 29.9 Å². The predicted octanol–water partition coefficient (Wildman–Crippen LogP) is 2.80. The molecular formula is C21H23N3O5S. The first-order chi connectivity index (χ1) is 14.4. The summed E-state index contributed by atoms with van der Waals surface area (Å²) in [6.45, 7) is 0.781. The Bertz CT molecular complexity index is 1220. The van der Waals surface area contributed by atoms with E-state index in [1.807, 2.05) is 0 Å². The fraction of sp³-hybridized carbons (Fsp3) is 0.333. The first-order valence-corrected chi connectivity index (χ1v) is 11.4. The summed E-state index contributed by atoms with van der Waals surface area (Å²) in [5.74, 6) is -1.07. The van der Waals surface area contributed by atoms with Crippen molar-refractivity contribution in [3.63, 3.8) is 0 Å². The van der Waals surface area contributed by atoms with E-state index in [1.54, 1.807) is 36.4 Å². The number of amides is 1. The molecule has 0 spiro atoms. The van der Waals surface area contributed by atoms with Gasteiger partial charge in [0.2, 0.25) is 15.9 Å². The van der Waals surface area contributed by atoms with Gasteiger partial charge in [-0.1, -0.05) is 31.0 Å². The standard InChI is InChI=1S/C21H23N3O5S/c25-20(15-24-18-10-3-4-11-19(18)29-21(24)26)22-16-8-7-9-17(14-16)30(27,28)23-12-5-1-2-6-13-23/h3-4,7-11,14H,1-2,5-6,12-13,15H2,(H,22,25). The number of rotatable bonds is 5. The zero-order valence-corrected chi connectivity index (χ0v) is 17.2. The van der Waals surface area contributed by atoms with Crippen LogP contribution in [0.5, 0.6) is 0 Å². The van der Waals surface area contributed by atoms with Gasteiger partial charge in [-0.15, -0.1) is 0 Å². The van der Waals surface area contributed by atoms with Crippen LogP contribution in [0.2, 0.25) is 0 Å². The van der Waals surface area contributed by atoms with Crippen molar-refractivity contribution in [3.05, 3.63) is 59.1 Å². The Labute approximate surface area is 174 Å². The molecule has 0 unspecified atom stereocenters. The van der Waals surface area contributed by atoms with E-state index >= 15 is 0 Å². The summed E-state index contributed by atoms with van der Waals surface area (Å²) in [6, 6.07) is 13.0. The number of fused-ring (bicyclic) bond motifs is 1. The SMILES string of the molecule is O=C(Cn1c(=O)oc2ccccc21)Nc1cccc(S(=O)(=O)N2CCCCCC2)c1. The van der Waals surface area contributed by atoms with Gasteiger partial charge >= 0.3 is 5.76 Å². The highest BCUT2D eigenvalue weighted by molar-refractivity contribution is 7.89. The largest absolute Gasteiger partial charge is 0.420 e. The fourth-order valence-electron chi connectivity index (χ4n) is 3.67. The van der Waals surface area contributed by atoms with Crippen LogP contribution in [-0.4, -0.2) is 36.3 Å². The molecule has 1 N–H and O–H groups in total. The van der Waals surface area contributed by atoms with Gasteiger partial charge in [-0.2, -0.15) is 4.31 Å². The molecule has 0 saturated carbocycles. The third kappa shape index (κ3) is 4.17. The number of nitrogens with one attached hydrogen (secondary N) is 1. The zero-order valence-electron chi connectivity index (χ0n) is 16.4. The summed E-state index contributed by atoms with van der Waals surface area (Å²) in [5, 5.41) is 2.68. The van der Waals surface area contributed by atoms with Crippen LogP contribution in [0, 0.1) is 0 Å². The van der Waals surface area contributed by atoms with Gasteiger partial charge in [0, 0.05) is 18.8 Å². The van der Waals surface area contributed by atoms with Crippen molar-refractivity contribution >= 4 is 32.7 Å². The number of hydrogen-bond donors (Lipinski definition) is 1. The molecule has 1 fully saturated rings. The van der Waals surface area contributed by atoms with Gasteiger partial charge in [0.1, 0.15) is 6.54 Å². The molecule has 0 aliphatic carbocycles. The number of hydrogen-bond acceptors (Lipinski definition) is 5. The van der Waals surface area contributed by atoms with Crippen LogP contribution in [0.15, 0.2) is 62.6 Å². The number of sulfonamides is 1. The van der Waals surface area contributed by atoms with Crippen molar-refractivity contribution in [2.75, 3.05) is 18.4 Å². The molecule has 1 aliphatic rings. The average Bonchev–Trinajstić information content (AvgIpc) is 2.90. The van der Waals surface area contributed by atoms with Crippen LogP contribution in [0.4, 0.5) is 5.69 Å². The van der Waals surface area contributed by atoms with Gasteiger partial charge in [0.15, 0.2) is 5.58 Å². The van der Waals surface area contributed by atoms with Gasteiger partial charge in [0.25, 0.3) is 0 Å². The second kappa shape index (κ2) is 8.45. The molecule has 1 amide bonds. The van der Waals surface area contributed by atoms with Crippen LogP contribution >= 0.6 is 0 Å². The molecule has 1 saturated heterocycles. The van der Waals surface area contributed by atoms with Crippen LogP contribution in [-0.2, 0) is 21.4 Å². The number of carbonyl (C=O) groups is 1. The summed E-state index contributed by atoms with van der Waals surface area (Å²) >= 11 is 0. The molecule has 9 heteroatoms. The molecule has 158 valence electrons. The fourth-order valence-corrected chi connectivity index (χ4v) is 5.24. The highest BCUT2D eigenvalue weighted by Gasteiger charge is 2.25. The normalized spacial score (nSPS) is 15.7. The Balaban J connectivity index is 1.52. The summed E-state index contributed by atoms with van der Waals surface area (Å²) in [5.41, 5.74) is 1.28. The van der Waals surface area contributed by atoms with Crippen LogP contribution < -0.4 is 11.1 Å². The molecule has 8 nitrogen and oxygen atoms in total. The molecule has 0 atom stereocenters. The number of benzene rings is 2. The number of anilines is 1. The smallest absolute Gasteiger partial charge is 0.408 e. The Morgan fingerprint density at radius 2 is 1.73 bits per heavy atom. The van der Waals surface area contributed by atoms with E-state index in [0.717, 1.165) is 25.7 Å². The van der Waals surface area contributed by atoms with Crippen molar-refractivity contribution in [2.45, 2.75) is 37.1 Å². The van der Waals surface area contributed by atoms with Crippen molar-refractivity contribution in [1.82, 2.24) is 8.87 Å². The molecule has 0 radical (unpaired) electrons. The van der Waals surface area contributed by atoms with E-state index in [9.17, 15) is 18.0 Å². The molecule has 0 bridgehead atoms. The summed E-state index contributed by atoms with van der Waals surface area (Å²) < 4.78 is 33.8. The van der Waals surface area contributed by atoms with Crippen LogP contribution in [0.3, 0.4) is 0 Å². The van der Waals surface area contributed by atoms with E-state index in [1.165, 1.54) is 21.0 Å². The first-order valence-electron chi connectivity index (χ1n) is 9.93. The average molecular weight is 429 g/mol. The maximum absolute atomic E-state index is 13.0. The summed E-state index contributed by atoms with van der Waals surface area (Å²) in [4.78, 5) is 24.7. The lowest BCUT2D eigenvalue weighted by Crippen LogP contribution is -2.32. The van der Waals surface area contributed by atoms with Gasteiger partial charge in [-0.3, -0.25) is 9.36 Å². The van der Waals surface area contributed by atoms with Gasteiger partial charge in [-0.05, 0) is 43.2 Å². The summed E-state index contributed by atoms with van der Waals surface area (Å²) in [6.07, 6.45) is 3.76. The number of carbonyl (C=O) groups excluding carboxylic acids is 1. The third-order valence-electron chi connectivity index (χ3n) is 5.20. The Hall–Kier alpha value is -2.91. The maximum Gasteiger partial charge on any atom is 0.420 e. The maximum atomic E-state index is 13.0. The van der Waals surface area contributed by atoms with Crippen molar-refractivity contribution in [1.29, 1.82) is 0 Å². The highest BCUT2D eigenvalue weighted by atomic mass is 32.2. The molecule has 2 aromatic carbocycles. The molecule has 2 heterocycles. The predicted molar refractivity (Wildman–Crippen MR) is 113 cm³/mol. The minimum Gasteiger partial charge on any atom is -0.408 e. The molecule has 3 aromatic rings.